The molecule has 1 unspecified atom stereocenters. The fraction of sp³-hybridized carbons (Fsp3) is 0.154. The molecule has 1 amide bonds. The van der Waals surface area contributed by atoms with Crippen molar-refractivity contribution in [1.29, 1.82) is 0 Å². The standard InChI is InChI=1S/C26H25N3O2/c1-3-25(28-20-12-14-21(31-2)15-13-20)26(30)29-27-17-24-22-10-6-4-8-18(22)16-19-9-5-7-11-23(19)24/h4-17,25,28H,3H2,1-2H3,(H,29,30)/b27-17-. The van der Waals surface area contributed by atoms with E-state index in [1.807, 2.05) is 55.5 Å². The van der Waals surface area contributed by atoms with Gasteiger partial charge < -0.3 is 10.1 Å². The maximum atomic E-state index is 12.7. The van der Waals surface area contributed by atoms with Gasteiger partial charge in [-0.25, -0.2) is 5.43 Å². The van der Waals surface area contributed by atoms with Crippen LogP contribution in [0.4, 0.5) is 5.69 Å². The van der Waals surface area contributed by atoms with E-state index in [-0.39, 0.29) is 5.91 Å². The Bertz CT molecular complexity index is 1180. The van der Waals surface area contributed by atoms with Crippen LogP contribution >= 0.6 is 0 Å². The number of ether oxygens (including phenoxy) is 1. The summed E-state index contributed by atoms with van der Waals surface area (Å²) in [5.41, 5.74) is 4.54. The van der Waals surface area contributed by atoms with Crippen molar-refractivity contribution in [2.45, 2.75) is 19.4 Å². The van der Waals surface area contributed by atoms with Crippen LogP contribution in [0.15, 0.2) is 84.0 Å². The second kappa shape index (κ2) is 9.30. The molecule has 4 aromatic rings. The number of hydrogen-bond donors (Lipinski definition) is 2. The maximum Gasteiger partial charge on any atom is 0.262 e. The molecule has 0 saturated carbocycles. The lowest BCUT2D eigenvalue weighted by Gasteiger charge is -2.16. The van der Waals surface area contributed by atoms with E-state index in [1.54, 1.807) is 13.3 Å². The highest BCUT2D eigenvalue weighted by molar-refractivity contribution is 6.13. The van der Waals surface area contributed by atoms with Gasteiger partial charge in [0.1, 0.15) is 11.8 Å². The van der Waals surface area contributed by atoms with Gasteiger partial charge in [0.2, 0.25) is 0 Å². The van der Waals surface area contributed by atoms with Gasteiger partial charge in [-0.05, 0) is 58.3 Å². The van der Waals surface area contributed by atoms with Crippen molar-refractivity contribution in [3.05, 3.63) is 84.4 Å². The van der Waals surface area contributed by atoms with E-state index in [1.165, 1.54) is 0 Å². The normalized spacial score (nSPS) is 12.2. The van der Waals surface area contributed by atoms with Crippen molar-refractivity contribution < 1.29 is 9.53 Å². The molecule has 0 spiro atoms. The molecule has 0 bridgehead atoms. The number of methoxy groups -OCH3 is 1. The third-order valence-electron chi connectivity index (χ3n) is 5.34. The summed E-state index contributed by atoms with van der Waals surface area (Å²) in [4.78, 5) is 12.7. The summed E-state index contributed by atoms with van der Waals surface area (Å²) < 4.78 is 5.18. The molecule has 5 heteroatoms. The fourth-order valence-corrected chi connectivity index (χ4v) is 3.67. The van der Waals surface area contributed by atoms with E-state index in [0.717, 1.165) is 38.5 Å². The van der Waals surface area contributed by atoms with Crippen LogP contribution in [0.1, 0.15) is 18.9 Å². The van der Waals surface area contributed by atoms with Gasteiger partial charge in [-0.1, -0.05) is 55.5 Å². The number of nitrogens with one attached hydrogen (secondary N) is 2. The van der Waals surface area contributed by atoms with Gasteiger partial charge in [-0.15, -0.1) is 0 Å². The third kappa shape index (κ3) is 4.51. The summed E-state index contributed by atoms with van der Waals surface area (Å²) in [5, 5.41) is 12.0. The number of carbonyl (C=O) groups is 1. The first kappa shape index (κ1) is 20.4. The average molecular weight is 412 g/mol. The van der Waals surface area contributed by atoms with Gasteiger partial charge in [0, 0.05) is 11.3 Å². The van der Waals surface area contributed by atoms with E-state index in [0.29, 0.717) is 6.42 Å². The first-order valence-electron chi connectivity index (χ1n) is 10.3. The minimum atomic E-state index is -0.394. The first-order chi connectivity index (χ1) is 15.2. The molecule has 2 N–H and O–H groups in total. The molecular weight excluding hydrogens is 386 g/mol. The van der Waals surface area contributed by atoms with E-state index in [2.05, 4.69) is 46.2 Å². The summed E-state index contributed by atoms with van der Waals surface area (Å²) in [6.45, 7) is 1.96. The Morgan fingerprint density at radius 1 is 0.968 bits per heavy atom. The predicted molar refractivity (Wildman–Crippen MR) is 128 cm³/mol. The third-order valence-corrected chi connectivity index (χ3v) is 5.34. The highest BCUT2D eigenvalue weighted by atomic mass is 16.5. The van der Waals surface area contributed by atoms with Gasteiger partial charge >= 0.3 is 0 Å². The number of amides is 1. The minimum absolute atomic E-state index is 0.181. The molecule has 31 heavy (non-hydrogen) atoms. The van der Waals surface area contributed by atoms with Crippen molar-refractivity contribution >= 4 is 39.4 Å². The Morgan fingerprint density at radius 3 is 2.16 bits per heavy atom. The first-order valence-corrected chi connectivity index (χ1v) is 10.3. The Kier molecular flexibility index (Phi) is 6.13. The lowest BCUT2D eigenvalue weighted by molar-refractivity contribution is -0.121. The number of carbonyl (C=O) groups excluding carboxylic acids is 1. The molecule has 0 aliphatic heterocycles. The molecule has 0 radical (unpaired) electrons. The van der Waals surface area contributed by atoms with Crippen LogP contribution in [0.2, 0.25) is 0 Å². The second-order valence-electron chi connectivity index (χ2n) is 7.30. The average Bonchev–Trinajstić information content (AvgIpc) is 2.82. The number of nitrogens with zero attached hydrogens (tertiary/aromatic N) is 1. The van der Waals surface area contributed by atoms with E-state index >= 15 is 0 Å². The van der Waals surface area contributed by atoms with Crippen LogP contribution in [0, 0.1) is 0 Å². The smallest absolute Gasteiger partial charge is 0.262 e. The molecule has 0 aliphatic rings. The molecule has 1 atom stereocenters. The van der Waals surface area contributed by atoms with Gasteiger partial charge in [0.15, 0.2) is 0 Å². The van der Waals surface area contributed by atoms with Crippen LogP contribution in [-0.4, -0.2) is 25.3 Å². The molecule has 0 aromatic heterocycles. The largest absolute Gasteiger partial charge is 0.497 e. The number of anilines is 1. The van der Waals surface area contributed by atoms with Crippen LogP contribution < -0.4 is 15.5 Å². The molecule has 4 aromatic carbocycles. The number of hydrazone groups is 1. The van der Waals surface area contributed by atoms with E-state index in [9.17, 15) is 4.79 Å². The van der Waals surface area contributed by atoms with Gasteiger partial charge in [0.25, 0.3) is 5.91 Å². The lowest BCUT2D eigenvalue weighted by atomic mass is 9.97. The number of hydrogen-bond acceptors (Lipinski definition) is 4. The predicted octanol–water partition coefficient (Wildman–Crippen LogP) is 5.34. The molecular formula is C26H25N3O2. The topological polar surface area (TPSA) is 62.7 Å². The Morgan fingerprint density at radius 2 is 1.58 bits per heavy atom. The molecule has 0 fully saturated rings. The molecule has 4 rings (SSSR count). The molecule has 0 aliphatic carbocycles. The Hall–Kier alpha value is -3.86. The molecule has 156 valence electrons. The summed E-state index contributed by atoms with van der Waals surface area (Å²) >= 11 is 0. The lowest BCUT2D eigenvalue weighted by Crippen LogP contribution is -2.36. The monoisotopic (exact) mass is 411 g/mol. The molecule has 0 heterocycles. The zero-order valence-electron chi connectivity index (χ0n) is 17.6. The number of rotatable bonds is 7. The summed E-state index contributed by atoms with van der Waals surface area (Å²) in [6.07, 6.45) is 2.37. The van der Waals surface area contributed by atoms with Crippen LogP contribution in [0.3, 0.4) is 0 Å². The van der Waals surface area contributed by atoms with Crippen LogP contribution in [0.5, 0.6) is 5.75 Å². The second-order valence-corrected chi connectivity index (χ2v) is 7.30. The zero-order chi connectivity index (χ0) is 21.6. The highest BCUT2D eigenvalue weighted by Crippen LogP contribution is 2.27. The van der Waals surface area contributed by atoms with E-state index < -0.39 is 6.04 Å². The van der Waals surface area contributed by atoms with Crippen molar-refractivity contribution in [1.82, 2.24) is 5.43 Å². The van der Waals surface area contributed by atoms with Gasteiger partial charge in [0.05, 0.1) is 13.3 Å². The summed E-state index contributed by atoms with van der Waals surface area (Å²) in [5.74, 6) is 0.592. The fourth-order valence-electron chi connectivity index (χ4n) is 3.67. The van der Waals surface area contributed by atoms with E-state index in [4.69, 9.17) is 4.74 Å². The quantitative estimate of drug-likeness (QED) is 0.245. The molecule has 0 saturated heterocycles. The van der Waals surface area contributed by atoms with Crippen molar-refractivity contribution in [2.75, 3.05) is 12.4 Å². The van der Waals surface area contributed by atoms with Gasteiger partial charge in [-0.3, -0.25) is 4.79 Å². The SMILES string of the molecule is CCC(Nc1ccc(OC)cc1)C(=O)N/N=C\c1c2ccccc2cc2ccccc12. The van der Waals surface area contributed by atoms with Crippen molar-refractivity contribution in [3.63, 3.8) is 0 Å². The maximum absolute atomic E-state index is 12.7. The molecule has 5 nitrogen and oxygen atoms in total. The zero-order valence-corrected chi connectivity index (χ0v) is 17.6. The number of benzene rings is 4. The Balaban J connectivity index is 1.54. The summed E-state index contributed by atoms with van der Waals surface area (Å²) in [6, 6.07) is 25.7. The van der Waals surface area contributed by atoms with Crippen LogP contribution in [-0.2, 0) is 4.79 Å². The van der Waals surface area contributed by atoms with Gasteiger partial charge in [-0.2, -0.15) is 5.10 Å². The van der Waals surface area contributed by atoms with Crippen LogP contribution in [0.25, 0.3) is 21.5 Å². The Labute approximate surface area is 181 Å². The van der Waals surface area contributed by atoms with Crippen molar-refractivity contribution in [3.8, 4) is 5.75 Å². The summed E-state index contributed by atoms with van der Waals surface area (Å²) in [7, 11) is 1.63. The minimum Gasteiger partial charge on any atom is -0.497 e. The number of fused-ring (bicyclic) bond motifs is 2. The highest BCUT2D eigenvalue weighted by Gasteiger charge is 2.15. The van der Waals surface area contributed by atoms with Crippen molar-refractivity contribution in [2.24, 2.45) is 5.10 Å².